The van der Waals surface area contributed by atoms with Crippen LogP contribution in [0.2, 0.25) is 0 Å². The molecule has 9 heteroatoms. The zero-order valence-corrected chi connectivity index (χ0v) is 19.6. The average molecular weight is 469 g/mol. The highest BCUT2D eigenvalue weighted by Gasteiger charge is 2.15. The molecule has 0 bridgehead atoms. The van der Waals surface area contributed by atoms with Gasteiger partial charge in [-0.15, -0.1) is 0 Å². The molecule has 0 aliphatic rings. The van der Waals surface area contributed by atoms with Crippen LogP contribution in [0.25, 0.3) is 16.0 Å². The number of aromatic amines is 1. The highest BCUT2D eigenvalue weighted by molar-refractivity contribution is 7.99. The molecule has 2 N–H and O–H groups in total. The van der Waals surface area contributed by atoms with Gasteiger partial charge in [0.25, 0.3) is 5.56 Å². The molecule has 158 valence electrons. The smallest absolute Gasteiger partial charge is 0.271 e. The fourth-order valence-corrected chi connectivity index (χ4v) is 5.08. The van der Waals surface area contributed by atoms with E-state index in [1.807, 2.05) is 63.2 Å². The minimum Gasteiger partial charge on any atom is -0.325 e. The van der Waals surface area contributed by atoms with E-state index in [-0.39, 0.29) is 17.2 Å². The number of rotatable bonds is 5. The number of H-pyrrole nitrogens is 1. The quantitative estimate of drug-likeness (QED) is 0.240. The molecule has 31 heavy (non-hydrogen) atoms. The maximum Gasteiger partial charge on any atom is 0.271 e. The second-order valence-electron chi connectivity index (χ2n) is 7.22. The van der Waals surface area contributed by atoms with Crippen molar-refractivity contribution in [2.24, 2.45) is 0 Å². The van der Waals surface area contributed by atoms with Gasteiger partial charge in [0.05, 0.1) is 5.75 Å². The Bertz CT molecular complexity index is 1400. The van der Waals surface area contributed by atoms with E-state index in [0.29, 0.717) is 19.5 Å². The Hall–Kier alpha value is -2.75. The van der Waals surface area contributed by atoms with E-state index in [2.05, 4.69) is 15.3 Å². The molecule has 0 radical (unpaired) electrons. The van der Waals surface area contributed by atoms with Crippen LogP contribution in [0.15, 0.2) is 52.4 Å². The van der Waals surface area contributed by atoms with Gasteiger partial charge in [-0.3, -0.25) is 14.2 Å². The molecule has 0 unspecified atom stereocenters. The highest BCUT2D eigenvalue weighted by atomic mass is 32.2. The number of nitrogens with zero attached hydrogens (tertiary/aromatic N) is 2. The van der Waals surface area contributed by atoms with Crippen molar-refractivity contribution in [1.82, 2.24) is 14.5 Å². The molecule has 0 fully saturated rings. The highest BCUT2D eigenvalue weighted by Crippen LogP contribution is 2.25. The van der Waals surface area contributed by atoms with Gasteiger partial charge in [0.1, 0.15) is 4.70 Å². The van der Waals surface area contributed by atoms with E-state index in [9.17, 15) is 9.59 Å². The summed E-state index contributed by atoms with van der Waals surface area (Å²) in [5.74, 6) is -0.0441. The number of hydrogen-bond donors (Lipinski definition) is 2. The normalized spacial score (nSPS) is 11.1. The van der Waals surface area contributed by atoms with Crippen molar-refractivity contribution < 1.29 is 4.79 Å². The lowest BCUT2D eigenvalue weighted by atomic mass is 10.1. The van der Waals surface area contributed by atoms with Crippen LogP contribution in [0.1, 0.15) is 16.7 Å². The topological polar surface area (TPSA) is 79.8 Å². The molecule has 2 heterocycles. The van der Waals surface area contributed by atoms with Gasteiger partial charge in [0.15, 0.2) is 14.8 Å². The van der Waals surface area contributed by atoms with Crippen LogP contribution >= 0.6 is 35.3 Å². The van der Waals surface area contributed by atoms with Crippen molar-refractivity contribution in [1.29, 1.82) is 0 Å². The molecule has 0 spiro atoms. The second kappa shape index (κ2) is 8.78. The number of fused-ring (bicyclic) bond motifs is 1. The number of aryl methyl sites for hydroxylation is 3. The number of amides is 1. The first-order valence-electron chi connectivity index (χ1n) is 9.54. The first-order valence-corrected chi connectivity index (χ1v) is 11.8. The van der Waals surface area contributed by atoms with Gasteiger partial charge in [0.2, 0.25) is 5.91 Å². The molecule has 4 rings (SSSR count). The fraction of sp³-hybridized carbons (Fsp3) is 0.182. The predicted molar refractivity (Wildman–Crippen MR) is 130 cm³/mol. The summed E-state index contributed by atoms with van der Waals surface area (Å²) in [6.45, 7) is 5.97. The van der Waals surface area contributed by atoms with E-state index in [0.717, 1.165) is 28.1 Å². The summed E-state index contributed by atoms with van der Waals surface area (Å²) in [6, 6.07) is 13.7. The monoisotopic (exact) mass is 468 g/mol. The van der Waals surface area contributed by atoms with E-state index in [4.69, 9.17) is 12.2 Å². The largest absolute Gasteiger partial charge is 0.325 e. The number of thiazole rings is 1. The lowest BCUT2D eigenvalue weighted by Crippen LogP contribution is -2.16. The van der Waals surface area contributed by atoms with Gasteiger partial charge >= 0.3 is 0 Å². The summed E-state index contributed by atoms with van der Waals surface area (Å²) in [5.41, 5.74) is 5.14. The van der Waals surface area contributed by atoms with Crippen LogP contribution in [0.3, 0.4) is 0 Å². The molecule has 1 amide bonds. The fourth-order valence-electron chi connectivity index (χ4n) is 3.16. The maximum atomic E-state index is 12.6. The molecule has 2 aromatic heterocycles. The third-order valence-corrected chi connectivity index (χ3v) is 6.94. The van der Waals surface area contributed by atoms with Crippen molar-refractivity contribution in [3.05, 3.63) is 73.5 Å². The van der Waals surface area contributed by atoms with Crippen LogP contribution in [-0.2, 0) is 4.79 Å². The van der Waals surface area contributed by atoms with E-state index in [1.165, 1.54) is 23.1 Å². The van der Waals surface area contributed by atoms with Crippen molar-refractivity contribution in [3.8, 4) is 5.69 Å². The number of aromatic nitrogens is 3. The number of benzene rings is 2. The summed E-state index contributed by atoms with van der Waals surface area (Å²) in [5, 5.41) is 3.28. The molecular formula is C22H20N4O2S3. The summed E-state index contributed by atoms with van der Waals surface area (Å²) in [7, 11) is 0. The standard InChI is InChI=1S/C22H20N4O2S3/c1-12-4-7-15(8-5-12)26-19-18(31-22(26)29)20(28)25-21(24-19)30-11-17(27)23-16-9-6-13(2)10-14(16)3/h4-10H,11H2,1-3H3,(H,23,27)(H,24,25,28). The molecule has 0 aliphatic heterocycles. The van der Waals surface area contributed by atoms with Gasteiger partial charge in [-0.1, -0.05) is 58.5 Å². The zero-order valence-electron chi connectivity index (χ0n) is 17.2. The molecule has 0 aliphatic carbocycles. The molecule has 0 atom stereocenters. The van der Waals surface area contributed by atoms with Gasteiger partial charge in [0, 0.05) is 11.4 Å². The molecule has 2 aromatic carbocycles. The van der Waals surface area contributed by atoms with Gasteiger partial charge in [-0.25, -0.2) is 4.98 Å². The van der Waals surface area contributed by atoms with Gasteiger partial charge in [-0.2, -0.15) is 0 Å². The lowest BCUT2D eigenvalue weighted by Gasteiger charge is -2.09. The molecule has 0 saturated carbocycles. The Morgan fingerprint density at radius 2 is 1.87 bits per heavy atom. The summed E-state index contributed by atoms with van der Waals surface area (Å²) < 4.78 is 2.81. The van der Waals surface area contributed by atoms with Gasteiger partial charge in [-0.05, 0) is 56.8 Å². The van der Waals surface area contributed by atoms with Crippen LogP contribution in [0, 0.1) is 24.7 Å². The Balaban J connectivity index is 1.59. The third-order valence-electron chi connectivity index (χ3n) is 4.71. The molecular weight excluding hydrogens is 448 g/mol. The zero-order chi connectivity index (χ0) is 22.1. The van der Waals surface area contributed by atoms with Crippen LogP contribution in [0.5, 0.6) is 0 Å². The van der Waals surface area contributed by atoms with E-state index >= 15 is 0 Å². The Morgan fingerprint density at radius 1 is 1.16 bits per heavy atom. The number of carbonyl (C=O) groups is 1. The average Bonchev–Trinajstić information content (AvgIpc) is 3.06. The molecule has 6 nitrogen and oxygen atoms in total. The van der Waals surface area contributed by atoms with Crippen LogP contribution in [0.4, 0.5) is 5.69 Å². The lowest BCUT2D eigenvalue weighted by molar-refractivity contribution is -0.113. The van der Waals surface area contributed by atoms with Gasteiger partial charge < -0.3 is 10.3 Å². The Labute approximate surface area is 192 Å². The number of nitrogens with one attached hydrogen (secondary N) is 2. The first-order chi connectivity index (χ1) is 14.8. The minimum atomic E-state index is -0.260. The van der Waals surface area contributed by atoms with Crippen molar-refractivity contribution in [2.45, 2.75) is 25.9 Å². The minimum absolute atomic E-state index is 0.122. The first kappa shape index (κ1) is 21.5. The molecule has 0 saturated heterocycles. The maximum absolute atomic E-state index is 12.6. The Kier molecular flexibility index (Phi) is 6.08. The predicted octanol–water partition coefficient (Wildman–Crippen LogP) is 5.16. The van der Waals surface area contributed by atoms with E-state index in [1.54, 1.807) is 4.57 Å². The van der Waals surface area contributed by atoms with Crippen LogP contribution < -0.4 is 10.9 Å². The number of thioether (sulfide) groups is 1. The van der Waals surface area contributed by atoms with Crippen molar-refractivity contribution in [3.63, 3.8) is 0 Å². The van der Waals surface area contributed by atoms with Crippen molar-refractivity contribution >= 4 is 57.3 Å². The van der Waals surface area contributed by atoms with Crippen LogP contribution in [-0.4, -0.2) is 26.2 Å². The van der Waals surface area contributed by atoms with E-state index < -0.39 is 0 Å². The number of hydrogen-bond acceptors (Lipinski definition) is 6. The summed E-state index contributed by atoms with van der Waals surface area (Å²) >= 11 is 7.89. The second-order valence-corrected chi connectivity index (χ2v) is 9.83. The Morgan fingerprint density at radius 3 is 2.58 bits per heavy atom. The van der Waals surface area contributed by atoms with Crippen molar-refractivity contribution in [2.75, 3.05) is 11.1 Å². The SMILES string of the molecule is Cc1ccc(-n2c(=S)sc3c(=O)[nH]c(SCC(=O)Nc4ccc(C)cc4C)nc32)cc1. The third kappa shape index (κ3) is 4.63. The molecule has 4 aromatic rings. The summed E-state index contributed by atoms with van der Waals surface area (Å²) in [6.07, 6.45) is 0. The number of anilines is 1. The number of carbonyl (C=O) groups excluding carboxylic acids is 1. The summed E-state index contributed by atoms with van der Waals surface area (Å²) in [4.78, 5) is 32.4.